The monoisotopic (exact) mass is 170 g/mol. The Morgan fingerprint density at radius 2 is 2.25 bits per heavy atom. The lowest BCUT2D eigenvalue weighted by Crippen LogP contribution is -2.07. The fourth-order valence-corrected chi connectivity index (χ4v) is 1.04. The van der Waals surface area contributed by atoms with Crippen molar-refractivity contribution < 1.29 is 19.7 Å². The van der Waals surface area contributed by atoms with Crippen molar-refractivity contribution in [2.45, 2.75) is 12.8 Å². The SMILES string of the molecule is COC1=C(O)CCC(C(=O)O)=C1. The first-order valence-electron chi connectivity index (χ1n) is 3.55. The lowest BCUT2D eigenvalue weighted by atomic mass is 10.0. The first-order valence-corrected chi connectivity index (χ1v) is 3.55. The summed E-state index contributed by atoms with van der Waals surface area (Å²) in [6.07, 6.45) is 2.04. The molecule has 0 saturated carbocycles. The van der Waals surface area contributed by atoms with Gasteiger partial charge in [0.1, 0.15) is 5.76 Å². The summed E-state index contributed by atoms with van der Waals surface area (Å²) in [5.41, 5.74) is 0.268. The highest BCUT2D eigenvalue weighted by Crippen LogP contribution is 2.22. The quantitative estimate of drug-likeness (QED) is 0.653. The first-order chi connectivity index (χ1) is 5.65. The summed E-state index contributed by atoms with van der Waals surface area (Å²) >= 11 is 0. The summed E-state index contributed by atoms with van der Waals surface area (Å²) < 4.78 is 4.77. The van der Waals surface area contributed by atoms with Gasteiger partial charge >= 0.3 is 5.97 Å². The lowest BCUT2D eigenvalue weighted by Gasteiger charge is -2.12. The molecule has 1 rings (SSSR count). The number of hydrogen-bond acceptors (Lipinski definition) is 3. The van der Waals surface area contributed by atoms with Crippen molar-refractivity contribution in [3.63, 3.8) is 0 Å². The number of rotatable bonds is 2. The van der Waals surface area contributed by atoms with Gasteiger partial charge in [0.05, 0.1) is 7.11 Å². The number of methoxy groups -OCH3 is 1. The van der Waals surface area contributed by atoms with Crippen LogP contribution in [0.4, 0.5) is 0 Å². The number of carboxylic acids is 1. The highest BCUT2D eigenvalue weighted by Gasteiger charge is 2.17. The Kier molecular flexibility index (Phi) is 2.38. The first kappa shape index (κ1) is 8.64. The molecule has 0 bridgehead atoms. The van der Waals surface area contributed by atoms with Gasteiger partial charge in [0, 0.05) is 12.0 Å². The number of aliphatic hydroxyl groups excluding tert-OH is 1. The maximum atomic E-state index is 10.5. The Labute approximate surface area is 69.8 Å². The van der Waals surface area contributed by atoms with Crippen LogP contribution in [-0.2, 0) is 9.53 Å². The zero-order valence-electron chi connectivity index (χ0n) is 6.70. The van der Waals surface area contributed by atoms with Crippen LogP contribution in [0.25, 0.3) is 0 Å². The molecule has 0 saturated heterocycles. The Morgan fingerprint density at radius 1 is 1.58 bits per heavy atom. The molecule has 0 heterocycles. The average molecular weight is 170 g/mol. The topological polar surface area (TPSA) is 66.8 Å². The maximum Gasteiger partial charge on any atom is 0.331 e. The smallest absolute Gasteiger partial charge is 0.331 e. The fraction of sp³-hybridized carbons (Fsp3) is 0.375. The molecule has 4 heteroatoms. The molecular weight excluding hydrogens is 160 g/mol. The molecule has 4 nitrogen and oxygen atoms in total. The molecule has 12 heavy (non-hydrogen) atoms. The van der Waals surface area contributed by atoms with Crippen molar-refractivity contribution in [1.29, 1.82) is 0 Å². The van der Waals surface area contributed by atoms with Crippen LogP contribution in [0.5, 0.6) is 0 Å². The van der Waals surface area contributed by atoms with Crippen LogP contribution in [0.1, 0.15) is 12.8 Å². The van der Waals surface area contributed by atoms with Gasteiger partial charge in [0.2, 0.25) is 0 Å². The molecule has 0 aromatic carbocycles. The summed E-state index contributed by atoms with van der Waals surface area (Å²) in [5.74, 6) is -0.599. The molecule has 1 aliphatic carbocycles. The van der Waals surface area contributed by atoms with Crippen LogP contribution in [-0.4, -0.2) is 23.3 Å². The number of aliphatic hydroxyl groups is 1. The number of allylic oxidation sites excluding steroid dienone is 2. The van der Waals surface area contributed by atoms with E-state index in [-0.39, 0.29) is 17.1 Å². The van der Waals surface area contributed by atoms with Crippen LogP contribution in [0.15, 0.2) is 23.2 Å². The van der Waals surface area contributed by atoms with E-state index in [1.165, 1.54) is 13.2 Å². The van der Waals surface area contributed by atoms with E-state index in [2.05, 4.69) is 0 Å². The molecule has 0 aromatic rings. The van der Waals surface area contributed by atoms with Crippen molar-refractivity contribution in [1.82, 2.24) is 0 Å². The van der Waals surface area contributed by atoms with Gasteiger partial charge in [-0.2, -0.15) is 0 Å². The third kappa shape index (κ3) is 1.58. The predicted molar refractivity (Wildman–Crippen MR) is 41.6 cm³/mol. The van der Waals surface area contributed by atoms with Crippen LogP contribution in [0.2, 0.25) is 0 Å². The van der Waals surface area contributed by atoms with E-state index < -0.39 is 5.97 Å². The zero-order valence-corrected chi connectivity index (χ0v) is 6.70. The van der Waals surface area contributed by atoms with E-state index in [4.69, 9.17) is 9.84 Å². The van der Waals surface area contributed by atoms with Crippen molar-refractivity contribution in [2.24, 2.45) is 0 Å². The Morgan fingerprint density at radius 3 is 2.75 bits per heavy atom. The van der Waals surface area contributed by atoms with E-state index in [1.54, 1.807) is 0 Å². The van der Waals surface area contributed by atoms with Gasteiger partial charge in [-0.05, 0) is 12.5 Å². The van der Waals surface area contributed by atoms with Crippen molar-refractivity contribution >= 4 is 5.97 Å². The zero-order chi connectivity index (χ0) is 9.14. The number of hydrogen-bond donors (Lipinski definition) is 2. The number of aliphatic carboxylic acids is 1. The van der Waals surface area contributed by atoms with Crippen LogP contribution >= 0.6 is 0 Å². The second-order valence-electron chi connectivity index (χ2n) is 2.49. The molecule has 2 N–H and O–H groups in total. The van der Waals surface area contributed by atoms with Gasteiger partial charge in [-0.1, -0.05) is 0 Å². The molecule has 0 amide bonds. The Balaban J connectivity index is 2.90. The van der Waals surface area contributed by atoms with Gasteiger partial charge < -0.3 is 14.9 Å². The molecule has 0 fully saturated rings. The molecule has 66 valence electrons. The normalized spacial score (nSPS) is 17.2. The van der Waals surface area contributed by atoms with Gasteiger partial charge in [-0.15, -0.1) is 0 Å². The third-order valence-corrected chi connectivity index (χ3v) is 1.72. The molecule has 0 radical (unpaired) electrons. The van der Waals surface area contributed by atoms with Gasteiger partial charge in [0.15, 0.2) is 5.76 Å². The molecule has 0 aromatic heterocycles. The standard InChI is InChI=1S/C8H10O4/c1-12-7-4-5(8(10)11)2-3-6(7)9/h4,9H,2-3H2,1H3,(H,10,11). The minimum absolute atomic E-state index is 0.113. The molecule has 0 unspecified atom stereocenters. The van der Waals surface area contributed by atoms with Crippen molar-refractivity contribution in [3.8, 4) is 0 Å². The molecular formula is C8H10O4. The van der Waals surface area contributed by atoms with E-state index >= 15 is 0 Å². The van der Waals surface area contributed by atoms with Gasteiger partial charge in [-0.3, -0.25) is 0 Å². The molecule has 1 aliphatic rings. The molecule has 0 atom stereocenters. The average Bonchev–Trinajstić information content (AvgIpc) is 2.05. The number of carbonyl (C=O) groups is 1. The van der Waals surface area contributed by atoms with E-state index in [9.17, 15) is 9.90 Å². The van der Waals surface area contributed by atoms with E-state index in [1.807, 2.05) is 0 Å². The lowest BCUT2D eigenvalue weighted by molar-refractivity contribution is -0.132. The van der Waals surface area contributed by atoms with Gasteiger partial charge in [0.25, 0.3) is 0 Å². The van der Waals surface area contributed by atoms with Crippen molar-refractivity contribution in [3.05, 3.63) is 23.2 Å². The van der Waals surface area contributed by atoms with Crippen molar-refractivity contribution in [2.75, 3.05) is 7.11 Å². The summed E-state index contributed by atoms with van der Waals surface area (Å²) in [6, 6.07) is 0. The fourth-order valence-electron chi connectivity index (χ4n) is 1.04. The van der Waals surface area contributed by atoms with Gasteiger partial charge in [-0.25, -0.2) is 4.79 Å². The molecule has 0 aliphatic heterocycles. The Hall–Kier alpha value is -1.45. The second-order valence-corrected chi connectivity index (χ2v) is 2.49. The summed E-state index contributed by atoms with van der Waals surface area (Å²) in [7, 11) is 1.40. The summed E-state index contributed by atoms with van der Waals surface area (Å²) in [5, 5.41) is 17.8. The van der Waals surface area contributed by atoms with E-state index in [0.29, 0.717) is 12.8 Å². The summed E-state index contributed by atoms with van der Waals surface area (Å²) in [4.78, 5) is 10.5. The van der Waals surface area contributed by atoms with Crippen LogP contribution in [0, 0.1) is 0 Å². The van der Waals surface area contributed by atoms with Crippen LogP contribution < -0.4 is 0 Å². The third-order valence-electron chi connectivity index (χ3n) is 1.72. The highest BCUT2D eigenvalue weighted by molar-refractivity contribution is 5.87. The molecule has 0 spiro atoms. The minimum atomic E-state index is -0.961. The highest BCUT2D eigenvalue weighted by atomic mass is 16.5. The number of carboxylic acid groups (broad SMARTS) is 1. The largest absolute Gasteiger partial charge is 0.508 e. The number of ether oxygens (including phenoxy) is 1. The maximum absolute atomic E-state index is 10.5. The minimum Gasteiger partial charge on any atom is -0.508 e. The van der Waals surface area contributed by atoms with Crippen LogP contribution in [0.3, 0.4) is 0 Å². The van der Waals surface area contributed by atoms with E-state index in [0.717, 1.165) is 0 Å². The summed E-state index contributed by atoms with van der Waals surface area (Å²) in [6.45, 7) is 0. The predicted octanol–water partition coefficient (Wildman–Crippen LogP) is 1.21. The Bertz CT molecular complexity index is 262. The second kappa shape index (κ2) is 3.30.